The van der Waals surface area contributed by atoms with Gasteiger partial charge in [0.1, 0.15) is 0 Å². The van der Waals surface area contributed by atoms with Crippen molar-refractivity contribution in [2.75, 3.05) is 7.11 Å². The van der Waals surface area contributed by atoms with Gasteiger partial charge in [-0.1, -0.05) is 0 Å². The summed E-state index contributed by atoms with van der Waals surface area (Å²) < 4.78 is 142. The van der Waals surface area contributed by atoms with Crippen LogP contribution >= 0.6 is 0 Å². The lowest BCUT2D eigenvalue weighted by molar-refractivity contribution is -0.521. The molecule has 132 valence electrons. The second-order valence-electron chi connectivity index (χ2n) is 3.27. The Balaban J connectivity index is 5.53. The molecule has 0 heterocycles. The highest BCUT2D eigenvalue weighted by atomic mass is 19.4. The Kier molecular flexibility index (Phi) is 5.32. The Morgan fingerprint density at radius 2 is 1.09 bits per heavy atom. The molecule has 0 amide bonds. The normalized spacial score (nSPS) is 14.9. The number of ether oxygens (including phenoxy) is 3. The van der Waals surface area contributed by atoms with Crippen molar-refractivity contribution in [2.45, 2.75) is 30.6 Å². The minimum absolute atomic E-state index is 0.164. The molecule has 0 radical (unpaired) electrons. The van der Waals surface area contributed by atoms with E-state index in [2.05, 4.69) is 4.74 Å². The lowest BCUT2D eigenvalue weighted by atomic mass is 10.3. The van der Waals surface area contributed by atoms with Crippen molar-refractivity contribution >= 4 is 5.97 Å². The molecule has 0 saturated heterocycles. The second-order valence-corrected chi connectivity index (χ2v) is 3.27. The summed E-state index contributed by atoms with van der Waals surface area (Å²) in [5.74, 6) is -10.2. The first-order chi connectivity index (χ1) is 9.40. The predicted molar refractivity (Wildman–Crippen MR) is 40.0 cm³/mol. The summed E-state index contributed by atoms with van der Waals surface area (Å²) in [5, 5.41) is 0. The Morgan fingerprint density at radius 1 is 0.727 bits per heavy atom. The second kappa shape index (κ2) is 5.68. The molecule has 0 bridgehead atoms. The van der Waals surface area contributed by atoms with Gasteiger partial charge in [-0.05, 0) is 0 Å². The quantitative estimate of drug-likeness (QED) is 0.539. The lowest BCUT2D eigenvalue weighted by Crippen LogP contribution is -2.60. The number of hydrogen-bond acceptors (Lipinski definition) is 4. The molecular formula is C7H3F11O4. The Hall–Kier alpha value is -1.38. The van der Waals surface area contributed by atoms with E-state index in [1.54, 1.807) is 0 Å². The Bertz CT molecular complexity index is 415. The van der Waals surface area contributed by atoms with Crippen LogP contribution in [0.25, 0.3) is 0 Å². The van der Waals surface area contributed by atoms with Crippen LogP contribution in [-0.2, 0) is 19.0 Å². The van der Waals surface area contributed by atoms with Crippen LogP contribution in [0, 0.1) is 0 Å². The molecule has 0 spiro atoms. The zero-order valence-corrected chi connectivity index (χ0v) is 9.79. The van der Waals surface area contributed by atoms with Gasteiger partial charge in [0.05, 0.1) is 7.11 Å². The van der Waals surface area contributed by atoms with E-state index in [1.165, 1.54) is 4.74 Å². The smallest absolute Gasteiger partial charge is 0.463 e. The van der Waals surface area contributed by atoms with E-state index in [0.717, 1.165) is 0 Å². The molecule has 0 aliphatic carbocycles. The zero-order valence-electron chi connectivity index (χ0n) is 9.79. The number of carbonyl (C=O) groups excluding carboxylic acids is 1. The Morgan fingerprint density at radius 3 is 1.41 bits per heavy atom. The van der Waals surface area contributed by atoms with Crippen molar-refractivity contribution in [3.63, 3.8) is 0 Å². The van der Waals surface area contributed by atoms with Gasteiger partial charge < -0.3 is 4.74 Å². The highest BCUT2D eigenvalue weighted by Gasteiger charge is 2.78. The molecule has 0 unspecified atom stereocenters. The number of halogens is 11. The molecular weight excluding hydrogens is 357 g/mol. The number of carbonyl (C=O) groups is 1. The van der Waals surface area contributed by atoms with E-state index >= 15 is 0 Å². The van der Waals surface area contributed by atoms with Crippen molar-refractivity contribution in [1.29, 1.82) is 0 Å². The third-order valence-corrected chi connectivity index (χ3v) is 1.65. The molecule has 0 aromatic carbocycles. The molecule has 0 atom stereocenters. The summed E-state index contributed by atoms with van der Waals surface area (Å²) >= 11 is 0. The topological polar surface area (TPSA) is 44.8 Å². The monoisotopic (exact) mass is 360 g/mol. The van der Waals surface area contributed by atoms with Crippen LogP contribution in [0.1, 0.15) is 0 Å². The average molecular weight is 360 g/mol. The van der Waals surface area contributed by atoms with Crippen LogP contribution in [0.15, 0.2) is 0 Å². The van der Waals surface area contributed by atoms with E-state index in [-0.39, 0.29) is 7.11 Å². The van der Waals surface area contributed by atoms with Crippen LogP contribution in [0.5, 0.6) is 0 Å². The van der Waals surface area contributed by atoms with Gasteiger partial charge in [-0.2, -0.15) is 35.1 Å². The van der Waals surface area contributed by atoms with Gasteiger partial charge in [-0.3, -0.25) is 0 Å². The van der Waals surface area contributed by atoms with Crippen molar-refractivity contribution < 1.29 is 67.3 Å². The molecule has 15 heteroatoms. The maximum atomic E-state index is 12.7. The fourth-order valence-electron chi connectivity index (χ4n) is 0.764. The maximum Gasteiger partial charge on any atom is 0.527 e. The van der Waals surface area contributed by atoms with Gasteiger partial charge in [0, 0.05) is 0 Å². The van der Waals surface area contributed by atoms with E-state index in [1.807, 2.05) is 4.74 Å². The van der Waals surface area contributed by atoms with E-state index in [9.17, 15) is 53.1 Å². The summed E-state index contributed by atoms with van der Waals surface area (Å²) in [6.07, 6.45) is -26.3. The summed E-state index contributed by atoms with van der Waals surface area (Å²) in [6, 6.07) is 0. The van der Waals surface area contributed by atoms with Crippen molar-refractivity contribution in [2.24, 2.45) is 0 Å². The molecule has 0 rings (SSSR count). The maximum absolute atomic E-state index is 12.7. The fraction of sp³-hybridized carbons (Fsp3) is 0.857. The molecule has 0 saturated carbocycles. The van der Waals surface area contributed by atoms with Gasteiger partial charge >= 0.3 is 36.6 Å². The van der Waals surface area contributed by atoms with Crippen LogP contribution < -0.4 is 0 Å². The van der Waals surface area contributed by atoms with Gasteiger partial charge in [0.15, 0.2) is 0 Å². The standard InChI is InChI=1S/C7H3F11O4/c1-20-2(19)3(8,9)21-5(12,13)4(10,11)6(14,15)22-7(16,17)18/h1H3. The SMILES string of the molecule is COC(=O)C(F)(F)OC(F)(F)C(F)(F)C(F)(F)OC(F)(F)F. The van der Waals surface area contributed by atoms with Gasteiger partial charge in [-0.25, -0.2) is 14.3 Å². The molecule has 0 N–H and O–H groups in total. The van der Waals surface area contributed by atoms with Gasteiger partial charge in [0.2, 0.25) is 0 Å². The van der Waals surface area contributed by atoms with Crippen molar-refractivity contribution in [3.05, 3.63) is 0 Å². The van der Waals surface area contributed by atoms with E-state index in [0.29, 0.717) is 0 Å². The van der Waals surface area contributed by atoms with Gasteiger partial charge in [-0.15, -0.1) is 13.2 Å². The van der Waals surface area contributed by atoms with E-state index < -0.39 is 36.6 Å². The van der Waals surface area contributed by atoms with Gasteiger partial charge in [0.25, 0.3) is 0 Å². The van der Waals surface area contributed by atoms with Crippen LogP contribution in [0.4, 0.5) is 48.3 Å². The minimum atomic E-state index is -7.23. The summed E-state index contributed by atoms with van der Waals surface area (Å²) in [5.41, 5.74) is 0. The largest absolute Gasteiger partial charge is 0.527 e. The first-order valence-corrected chi connectivity index (χ1v) is 4.46. The highest BCUT2D eigenvalue weighted by molar-refractivity contribution is 5.75. The first kappa shape index (κ1) is 20.6. The number of alkyl halides is 11. The third-order valence-electron chi connectivity index (χ3n) is 1.65. The third kappa shape index (κ3) is 4.31. The Labute approximate surface area is 112 Å². The average Bonchev–Trinajstić information content (AvgIpc) is 2.22. The zero-order chi connectivity index (χ0) is 18.2. The highest BCUT2D eigenvalue weighted by Crippen LogP contribution is 2.50. The first-order valence-electron chi connectivity index (χ1n) is 4.46. The predicted octanol–water partition coefficient (Wildman–Crippen LogP) is 3.13. The molecule has 0 aromatic rings. The molecule has 0 aliphatic rings. The summed E-state index contributed by atoms with van der Waals surface area (Å²) in [4.78, 5) is 10.2. The van der Waals surface area contributed by atoms with E-state index in [4.69, 9.17) is 0 Å². The molecule has 22 heavy (non-hydrogen) atoms. The lowest BCUT2D eigenvalue weighted by Gasteiger charge is -2.32. The number of methoxy groups -OCH3 is 1. The summed E-state index contributed by atoms with van der Waals surface area (Å²) in [6.45, 7) is 0. The molecule has 4 nitrogen and oxygen atoms in total. The van der Waals surface area contributed by atoms with Crippen molar-refractivity contribution in [1.82, 2.24) is 0 Å². The molecule has 0 aromatic heterocycles. The molecule has 0 fully saturated rings. The molecule has 0 aliphatic heterocycles. The van der Waals surface area contributed by atoms with Crippen molar-refractivity contribution in [3.8, 4) is 0 Å². The summed E-state index contributed by atoms with van der Waals surface area (Å²) in [7, 11) is 0.164. The van der Waals surface area contributed by atoms with Crippen LogP contribution in [0.2, 0.25) is 0 Å². The number of hydrogen-bond donors (Lipinski definition) is 0. The minimum Gasteiger partial charge on any atom is -0.463 e. The van der Waals surface area contributed by atoms with Crippen LogP contribution in [0.3, 0.4) is 0 Å². The number of rotatable bonds is 6. The van der Waals surface area contributed by atoms with Crippen LogP contribution in [-0.4, -0.2) is 43.7 Å². The number of esters is 1. The fourth-order valence-corrected chi connectivity index (χ4v) is 0.764.